The summed E-state index contributed by atoms with van der Waals surface area (Å²) in [5.41, 5.74) is 8.77. The molecular formula is C22H25N11O. The zero-order chi connectivity index (χ0) is 23.4. The van der Waals surface area contributed by atoms with Crippen molar-refractivity contribution in [3.8, 4) is 11.3 Å². The minimum atomic E-state index is -0.143. The second-order valence-electron chi connectivity index (χ2n) is 8.69. The second-order valence-corrected chi connectivity index (χ2v) is 8.69. The number of aromatic nitrogens is 9. The molecule has 1 aliphatic rings. The summed E-state index contributed by atoms with van der Waals surface area (Å²) in [5, 5.41) is 13.0. The molecule has 3 N–H and O–H groups in total. The van der Waals surface area contributed by atoms with Crippen LogP contribution in [0.25, 0.3) is 28.1 Å². The van der Waals surface area contributed by atoms with Crippen LogP contribution in [0.4, 0.5) is 11.8 Å². The van der Waals surface area contributed by atoms with Crippen LogP contribution in [0, 0.1) is 6.92 Å². The number of fused-ring (bicyclic) bond motifs is 2. The van der Waals surface area contributed by atoms with E-state index in [2.05, 4.69) is 46.6 Å². The monoisotopic (exact) mass is 459 g/mol. The molecule has 0 radical (unpaired) electrons. The normalized spacial score (nSPS) is 14.4. The van der Waals surface area contributed by atoms with Gasteiger partial charge < -0.3 is 20.2 Å². The quantitative estimate of drug-likeness (QED) is 0.391. The molecular weight excluding hydrogens is 434 g/mol. The van der Waals surface area contributed by atoms with Crippen LogP contribution in [0.5, 0.6) is 0 Å². The molecule has 34 heavy (non-hydrogen) atoms. The Kier molecular flexibility index (Phi) is 4.61. The molecule has 1 fully saturated rings. The first-order valence-corrected chi connectivity index (χ1v) is 11.4. The van der Waals surface area contributed by atoms with Gasteiger partial charge in [0.25, 0.3) is 5.56 Å². The Labute approximate surface area is 194 Å². The Bertz CT molecular complexity index is 1570. The summed E-state index contributed by atoms with van der Waals surface area (Å²) < 4.78 is 5.59. The van der Waals surface area contributed by atoms with Crippen LogP contribution >= 0.6 is 0 Å². The van der Waals surface area contributed by atoms with E-state index in [1.165, 1.54) is 0 Å². The summed E-state index contributed by atoms with van der Waals surface area (Å²) in [5.74, 6) is 2.24. The Morgan fingerprint density at radius 3 is 2.91 bits per heavy atom. The van der Waals surface area contributed by atoms with Crippen molar-refractivity contribution in [3.05, 3.63) is 46.9 Å². The van der Waals surface area contributed by atoms with Gasteiger partial charge in [0, 0.05) is 37.6 Å². The molecule has 0 unspecified atom stereocenters. The molecule has 0 aliphatic carbocycles. The topological polar surface area (TPSA) is 141 Å². The van der Waals surface area contributed by atoms with E-state index in [1.54, 1.807) is 23.6 Å². The van der Waals surface area contributed by atoms with Crippen molar-refractivity contribution in [3.63, 3.8) is 0 Å². The molecule has 0 aromatic carbocycles. The van der Waals surface area contributed by atoms with Gasteiger partial charge in [-0.1, -0.05) is 13.3 Å². The molecule has 174 valence electrons. The van der Waals surface area contributed by atoms with Crippen LogP contribution in [0.2, 0.25) is 0 Å². The van der Waals surface area contributed by atoms with E-state index < -0.39 is 0 Å². The van der Waals surface area contributed by atoms with Crippen LogP contribution in [0.15, 0.2) is 35.5 Å². The van der Waals surface area contributed by atoms with Crippen LogP contribution < -0.4 is 16.2 Å². The first-order valence-electron chi connectivity index (χ1n) is 11.4. The highest BCUT2D eigenvalue weighted by Gasteiger charge is 2.31. The fourth-order valence-corrected chi connectivity index (χ4v) is 4.47. The lowest BCUT2D eigenvalue weighted by molar-refractivity contribution is 0.363. The summed E-state index contributed by atoms with van der Waals surface area (Å²) in [6, 6.07) is 3.89. The average Bonchev–Trinajstić information content (AvgIpc) is 3.52. The Morgan fingerprint density at radius 2 is 2.12 bits per heavy atom. The fourth-order valence-electron chi connectivity index (χ4n) is 4.47. The van der Waals surface area contributed by atoms with Crippen molar-refractivity contribution < 1.29 is 0 Å². The molecule has 0 saturated carbocycles. The largest absolute Gasteiger partial charge is 0.384 e. The number of aryl methyl sites for hydroxylation is 2. The Hall–Kier alpha value is -4.22. The first kappa shape index (κ1) is 20.4. The van der Waals surface area contributed by atoms with Gasteiger partial charge in [-0.3, -0.25) is 9.48 Å². The number of rotatable bonds is 6. The molecule has 12 nitrogen and oxygen atoms in total. The number of aromatic amines is 1. The molecule has 1 saturated heterocycles. The molecule has 1 aliphatic heterocycles. The van der Waals surface area contributed by atoms with Gasteiger partial charge in [-0.05, 0) is 25.5 Å². The lowest BCUT2D eigenvalue weighted by Crippen LogP contribution is -2.48. The van der Waals surface area contributed by atoms with Crippen molar-refractivity contribution in [1.82, 2.24) is 43.9 Å². The number of nitrogens with zero attached hydrogens (tertiary/aromatic N) is 9. The number of nitrogens with two attached hydrogens (primary N) is 1. The minimum Gasteiger partial charge on any atom is -0.384 e. The summed E-state index contributed by atoms with van der Waals surface area (Å²) >= 11 is 0. The van der Waals surface area contributed by atoms with Gasteiger partial charge in [0.1, 0.15) is 17.2 Å². The molecule has 5 aromatic heterocycles. The van der Waals surface area contributed by atoms with Gasteiger partial charge in [-0.25, -0.2) is 9.38 Å². The molecule has 12 heteroatoms. The van der Waals surface area contributed by atoms with Gasteiger partial charge in [-0.15, -0.1) is 10.2 Å². The second kappa shape index (κ2) is 7.68. The standard InChI is InChI=1S/C22H25N11O/c1-3-4-7-31-17-8-16(26-19(17)20(34)33-13(2)28-29-22(31)33)14-9-25-32(10-14)15-11-30(12-15)21-24-6-5-18(23)27-21/h5-6,8-10,15,26H,3-4,7,11-12H2,1-2H3,(H2,23,24,27). The van der Waals surface area contributed by atoms with E-state index in [-0.39, 0.29) is 11.6 Å². The molecule has 0 bridgehead atoms. The van der Waals surface area contributed by atoms with E-state index in [0.29, 0.717) is 28.9 Å². The summed E-state index contributed by atoms with van der Waals surface area (Å²) in [7, 11) is 0. The molecule has 0 atom stereocenters. The third-order valence-corrected chi connectivity index (χ3v) is 6.39. The highest BCUT2D eigenvalue weighted by molar-refractivity contribution is 5.83. The van der Waals surface area contributed by atoms with Crippen molar-refractivity contribution in [2.75, 3.05) is 23.7 Å². The molecule has 6 rings (SSSR count). The number of nitrogens with one attached hydrogen (secondary N) is 1. The van der Waals surface area contributed by atoms with Gasteiger partial charge in [0.15, 0.2) is 0 Å². The van der Waals surface area contributed by atoms with Gasteiger partial charge in [0.05, 0.1) is 23.4 Å². The first-order chi connectivity index (χ1) is 16.5. The van der Waals surface area contributed by atoms with Crippen molar-refractivity contribution in [2.45, 2.75) is 39.3 Å². The van der Waals surface area contributed by atoms with Crippen molar-refractivity contribution in [1.29, 1.82) is 0 Å². The maximum atomic E-state index is 13.2. The van der Waals surface area contributed by atoms with Crippen LogP contribution in [-0.4, -0.2) is 57.0 Å². The number of anilines is 2. The highest BCUT2D eigenvalue weighted by Crippen LogP contribution is 2.28. The van der Waals surface area contributed by atoms with E-state index in [4.69, 9.17) is 5.73 Å². The number of hydrogen-bond acceptors (Lipinski definition) is 8. The smallest absolute Gasteiger partial charge is 0.284 e. The predicted molar refractivity (Wildman–Crippen MR) is 128 cm³/mol. The summed E-state index contributed by atoms with van der Waals surface area (Å²) in [6.07, 6.45) is 7.51. The maximum Gasteiger partial charge on any atom is 0.284 e. The summed E-state index contributed by atoms with van der Waals surface area (Å²) in [4.78, 5) is 27.2. The van der Waals surface area contributed by atoms with Crippen molar-refractivity contribution >= 4 is 28.6 Å². The van der Waals surface area contributed by atoms with Gasteiger partial charge >= 0.3 is 0 Å². The Balaban J connectivity index is 1.32. The summed E-state index contributed by atoms with van der Waals surface area (Å²) in [6.45, 7) is 6.20. The Morgan fingerprint density at radius 1 is 1.26 bits per heavy atom. The van der Waals surface area contributed by atoms with Gasteiger partial charge in [-0.2, -0.15) is 10.1 Å². The fraction of sp³-hybridized carbons (Fsp3) is 0.364. The molecule has 0 spiro atoms. The van der Waals surface area contributed by atoms with E-state index in [9.17, 15) is 4.79 Å². The SMILES string of the molecule is CCCCn1c2cc(-c3cnn(C4CN(c5nccc(N)n5)C4)c3)[nH]c2c(=O)n2c(C)nnc12. The lowest BCUT2D eigenvalue weighted by atomic mass is 10.1. The molecule has 5 aromatic rings. The zero-order valence-electron chi connectivity index (χ0n) is 19.0. The van der Waals surface area contributed by atoms with Crippen LogP contribution in [-0.2, 0) is 6.54 Å². The highest BCUT2D eigenvalue weighted by atomic mass is 16.1. The minimum absolute atomic E-state index is 0.143. The third kappa shape index (κ3) is 3.13. The maximum absolute atomic E-state index is 13.2. The third-order valence-electron chi connectivity index (χ3n) is 6.39. The predicted octanol–water partition coefficient (Wildman–Crippen LogP) is 1.78. The number of nitrogen functional groups attached to an aromatic ring is 1. The number of H-pyrrole nitrogens is 1. The molecule has 0 amide bonds. The lowest BCUT2D eigenvalue weighted by Gasteiger charge is -2.39. The van der Waals surface area contributed by atoms with E-state index in [1.807, 2.05) is 23.1 Å². The zero-order valence-corrected chi connectivity index (χ0v) is 19.0. The van der Waals surface area contributed by atoms with Crippen molar-refractivity contribution in [2.24, 2.45) is 0 Å². The van der Waals surface area contributed by atoms with E-state index in [0.717, 1.165) is 49.2 Å². The number of hydrogen-bond donors (Lipinski definition) is 2. The van der Waals surface area contributed by atoms with E-state index >= 15 is 0 Å². The molecule has 6 heterocycles. The average molecular weight is 460 g/mol. The van der Waals surface area contributed by atoms with Gasteiger partial charge in [0.2, 0.25) is 11.7 Å². The van der Waals surface area contributed by atoms with Crippen LogP contribution in [0.3, 0.4) is 0 Å². The number of unbranched alkanes of at least 4 members (excludes halogenated alkanes) is 1. The van der Waals surface area contributed by atoms with Crippen LogP contribution in [0.1, 0.15) is 31.6 Å².